The molecule has 1 N–H and O–H groups in total. The van der Waals surface area contributed by atoms with Crippen LogP contribution in [0.4, 0.5) is 0 Å². The van der Waals surface area contributed by atoms with Crippen LogP contribution in [0.25, 0.3) is 16.5 Å². The minimum absolute atomic E-state index is 0.000907. The summed E-state index contributed by atoms with van der Waals surface area (Å²) in [4.78, 5) is 6.84. The average molecular weight is 429 g/mol. The van der Waals surface area contributed by atoms with Gasteiger partial charge >= 0.3 is 0 Å². The molecular weight excluding hydrogens is 404 g/mol. The lowest BCUT2D eigenvalue weighted by molar-refractivity contribution is 0.163. The number of thiocarbonyl (C=S) groups is 1. The molecule has 3 heterocycles. The smallest absolute Gasteiger partial charge is 0.170 e. The Morgan fingerprint density at radius 3 is 2.65 bits per heavy atom. The SMILES string of the molecule is COCCN1C(=S)N[C@H](c2ccccn2)[C@H]1c1cccn1-c1ccc2ccccc2c1. The number of fused-ring (bicyclic) bond motifs is 1. The molecular formula is C25H24N4OS. The van der Waals surface area contributed by atoms with Crippen molar-refractivity contribution in [3.63, 3.8) is 0 Å². The van der Waals surface area contributed by atoms with Crippen molar-refractivity contribution < 1.29 is 4.74 Å². The molecule has 4 aromatic rings. The Labute approximate surface area is 187 Å². The summed E-state index contributed by atoms with van der Waals surface area (Å²) in [6.07, 6.45) is 3.95. The van der Waals surface area contributed by atoms with Gasteiger partial charge in [-0.1, -0.05) is 36.4 Å². The van der Waals surface area contributed by atoms with Gasteiger partial charge in [-0.25, -0.2) is 0 Å². The molecule has 31 heavy (non-hydrogen) atoms. The quantitative estimate of drug-likeness (QED) is 0.453. The number of aromatic nitrogens is 2. The van der Waals surface area contributed by atoms with Gasteiger partial charge < -0.3 is 19.5 Å². The molecule has 2 aromatic carbocycles. The first-order valence-electron chi connectivity index (χ1n) is 10.4. The lowest BCUT2D eigenvalue weighted by Gasteiger charge is -2.28. The topological polar surface area (TPSA) is 42.3 Å². The van der Waals surface area contributed by atoms with Crippen molar-refractivity contribution in [1.29, 1.82) is 0 Å². The van der Waals surface area contributed by atoms with Crippen LogP contribution in [0.5, 0.6) is 0 Å². The fourth-order valence-corrected chi connectivity index (χ4v) is 4.69. The molecule has 0 bridgehead atoms. The predicted molar refractivity (Wildman–Crippen MR) is 127 cm³/mol. The number of hydrogen-bond acceptors (Lipinski definition) is 3. The number of nitrogens with one attached hydrogen (secondary N) is 1. The van der Waals surface area contributed by atoms with Gasteiger partial charge in [0.2, 0.25) is 0 Å². The Kier molecular flexibility index (Phi) is 5.40. The monoisotopic (exact) mass is 428 g/mol. The highest BCUT2D eigenvalue weighted by Gasteiger charge is 2.41. The van der Waals surface area contributed by atoms with E-state index in [1.807, 2.05) is 18.3 Å². The molecule has 0 unspecified atom stereocenters. The van der Waals surface area contributed by atoms with Crippen molar-refractivity contribution >= 4 is 28.1 Å². The van der Waals surface area contributed by atoms with Crippen LogP contribution in [0.1, 0.15) is 23.5 Å². The van der Waals surface area contributed by atoms with E-state index in [-0.39, 0.29) is 12.1 Å². The summed E-state index contributed by atoms with van der Waals surface area (Å²) < 4.78 is 7.62. The van der Waals surface area contributed by atoms with E-state index in [0.29, 0.717) is 13.2 Å². The molecule has 6 heteroatoms. The van der Waals surface area contributed by atoms with E-state index in [9.17, 15) is 0 Å². The van der Waals surface area contributed by atoms with Crippen molar-refractivity contribution in [2.24, 2.45) is 0 Å². The zero-order chi connectivity index (χ0) is 21.2. The minimum Gasteiger partial charge on any atom is -0.383 e. The lowest BCUT2D eigenvalue weighted by atomic mass is 10.0. The van der Waals surface area contributed by atoms with Crippen molar-refractivity contribution in [2.75, 3.05) is 20.3 Å². The Hall–Kier alpha value is -3.22. The first-order chi connectivity index (χ1) is 15.3. The Morgan fingerprint density at radius 1 is 1.00 bits per heavy atom. The Bertz CT molecular complexity index is 1210. The molecule has 0 radical (unpaired) electrons. The van der Waals surface area contributed by atoms with E-state index in [4.69, 9.17) is 17.0 Å². The molecule has 5 nitrogen and oxygen atoms in total. The second-order valence-corrected chi connectivity index (χ2v) is 8.03. The highest BCUT2D eigenvalue weighted by molar-refractivity contribution is 7.80. The van der Waals surface area contributed by atoms with E-state index in [1.54, 1.807) is 7.11 Å². The highest BCUT2D eigenvalue weighted by Crippen LogP contribution is 2.39. The zero-order valence-corrected chi connectivity index (χ0v) is 18.1. The molecule has 0 spiro atoms. The molecule has 0 aliphatic carbocycles. The van der Waals surface area contributed by atoms with Crippen molar-refractivity contribution in [3.05, 3.63) is 96.6 Å². The summed E-state index contributed by atoms with van der Waals surface area (Å²) >= 11 is 5.73. The maximum Gasteiger partial charge on any atom is 0.170 e. The molecule has 0 saturated carbocycles. The van der Waals surface area contributed by atoms with Crippen LogP contribution in [-0.2, 0) is 4.74 Å². The van der Waals surface area contributed by atoms with Crippen LogP contribution in [-0.4, -0.2) is 39.8 Å². The van der Waals surface area contributed by atoms with Gasteiger partial charge in [-0.15, -0.1) is 0 Å². The Morgan fingerprint density at radius 2 is 1.84 bits per heavy atom. The summed E-state index contributed by atoms with van der Waals surface area (Å²) in [5.74, 6) is 0. The van der Waals surface area contributed by atoms with Crippen LogP contribution in [0, 0.1) is 0 Å². The van der Waals surface area contributed by atoms with Crippen LogP contribution < -0.4 is 5.32 Å². The predicted octanol–water partition coefficient (Wildman–Crippen LogP) is 4.64. The number of pyridine rings is 1. The summed E-state index contributed by atoms with van der Waals surface area (Å²) in [7, 11) is 1.72. The van der Waals surface area contributed by atoms with Gasteiger partial charge in [-0.2, -0.15) is 0 Å². The standard InChI is InChI=1S/C25H24N4OS/c1-30-16-15-29-24(23(27-25(29)31)21-9-4-5-13-26-21)22-10-6-14-28(22)20-12-11-18-7-2-3-8-19(18)17-20/h2-14,17,23-24H,15-16H2,1H3,(H,27,31)/t23-,24-/m1/s1. The van der Waals surface area contributed by atoms with Crippen LogP contribution in [0.15, 0.2) is 85.2 Å². The number of benzene rings is 2. The molecule has 1 saturated heterocycles. The Balaban J connectivity index is 1.60. The molecule has 5 rings (SSSR count). The third-order valence-electron chi connectivity index (χ3n) is 5.83. The number of rotatable bonds is 6. The fourth-order valence-electron chi connectivity index (χ4n) is 4.35. The summed E-state index contributed by atoms with van der Waals surface area (Å²) in [5.41, 5.74) is 3.26. The summed E-state index contributed by atoms with van der Waals surface area (Å²) in [6, 6.07) is 25.2. The maximum atomic E-state index is 5.73. The summed E-state index contributed by atoms with van der Waals surface area (Å²) in [6.45, 7) is 1.31. The third kappa shape index (κ3) is 3.69. The molecule has 1 aliphatic heterocycles. The van der Waals surface area contributed by atoms with Crippen molar-refractivity contribution in [1.82, 2.24) is 19.8 Å². The van der Waals surface area contributed by atoms with E-state index in [0.717, 1.165) is 22.2 Å². The van der Waals surface area contributed by atoms with Crippen LogP contribution >= 0.6 is 12.2 Å². The molecule has 2 aromatic heterocycles. The van der Waals surface area contributed by atoms with Gasteiger partial charge in [0.1, 0.15) is 0 Å². The molecule has 1 fully saturated rings. The van der Waals surface area contributed by atoms with Crippen LogP contribution in [0.3, 0.4) is 0 Å². The van der Waals surface area contributed by atoms with Crippen molar-refractivity contribution in [3.8, 4) is 5.69 Å². The first kappa shape index (κ1) is 19.7. The number of hydrogen-bond donors (Lipinski definition) is 1. The second kappa shape index (κ2) is 8.49. The third-order valence-corrected chi connectivity index (χ3v) is 6.18. The van der Waals surface area contributed by atoms with Crippen LogP contribution in [0.2, 0.25) is 0 Å². The zero-order valence-electron chi connectivity index (χ0n) is 17.3. The van der Waals surface area contributed by atoms with E-state index in [1.165, 1.54) is 10.8 Å². The van der Waals surface area contributed by atoms with E-state index >= 15 is 0 Å². The molecule has 0 amide bonds. The van der Waals surface area contributed by atoms with Gasteiger partial charge in [0.15, 0.2) is 5.11 Å². The van der Waals surface area contributed by atoms with Gasteiger partial charge in [-0.05, 0) is 59.4 Å². The molecule has 1 aliphatic rings. The largest absolute Gasteiger partial charge is 0.383 e. The van der Waals surface area contributed by atoms with Gasteiger partial charge in [0.05, 0.1) is 24.4 Å². The maximum absolute atomic E-state index is 5.73. The molecule has 2 atom stereocenters. The normalized spacial score (nSPS) is 18.5. The highest BCUT2D eigenvalue weighted by atomic mass is 32.1. The number of methoxy groups -OCH3 is 1. The van der Waals surface area contributed by atoms with E-state index in [2.05, 4.69) is 86.6 Å². The number of ether oxygens (including phenoxy) is 1. The van der Waals surface area contributed by atoms with E-state index < -0.39 is 0 Å². The minimum atomic E-state index is -0.0420. The summed E-state index contributed by atoms with van der Waals surface area (Å²) in [5, 5.41) is 6.68. The number of nitrogens with zero attached hydrogens (tertiary/aromatic N) is 3. The fraction of sp³-hybridized carbons (Fsp3) is 0.200. The molecule has 156 valence electrons. The van der Waals surface area contributed by atoms with Gasteiger partial charge in [0.25, 0.3) is 0 Å². The van der Waals surface area contributed by atoms with Gasteiger partial charge in [0, 0.05) is 37.4 Å². The second-order valence-electron chi connectivity index (χ2n) is 7.65. The lowest BCUT2D eigenvalue weighted by Crippen LogP contribution is -2.33. The van der Waals surface area contributed by atoms with Gasteiger partial charge in [-0.3, -0.25) is 4.98 Å². The average Bonchev–Trinajstić information content (AvgIpc) is 3.42. The van der Waals surface area contributed by atoms with Crippen molar-refractivity contribution in [2.45, 2.75) is 12.1 Å². The first-order valence-corrected chi connectivity index (χ1v) is 10.8.